The van der Waals surface area contributed by atoms with Gasteiger partial charge in [0.1, 0.15) is 0 Å². The van der Waals surface area contributed by atoms with Gasteiger partial charge < -0.3 is 5.32 Å². The molecular weight excluding hydrogens is 384 g/mol. The molecule has 7 heteroatoms. The van der Waals surface area contributed by atoms with Gasteiger partial charge in [-0.3, -0.25) is 9.52 Å². The summed E-state index contributed by atoms with van der Waals surface area (Å²) in [5.41, 5.74) is 1.64. The molecule has 1 aliphatic rings. The highest BCUT2D eigenvalue weighted by Crippen LogP contribution is 2.24. The van der Waals surface area contributed by atoms with E-state index in [9.17, 15) is 13.2 Å². The van der Waals surface area contributed by atoms with Gasteiger partial charge in [0.25, 0.3) is 15.9 Å². The van der Waals surface area contributed by atoms with Crippen LogP contribution in [0.2, 0.25) is 5.02 Å². The van der Waals surface area contributed by atoms with Crippen molar-refractivity contribution in [1.29, 1.82) is 0 Å². The zero-order valence-electron chi connectivity index (χ0n) is 15.2. The maximum atomic E-state index is 12.5. The molecule has 0 bridgehead atoms. The third kappa shape index (κ3) is 5.02. The zero-order valence-corrected chi connectivity index (χ0v) is 16.7. The number of benzene rings is 2. The molecule has 0 aromatic heterocycles. The predicted octanol–water partition coefficient (Wildman–Crippen LogP) is 4.51. The van der Waals surface area contributed by atoms with E-state index in [2.05, 4.69) is 10.0 Å². The number of carbonyl (C=O) groups excluding carboxylic acids is 1. The Kier molecular flexibility index (Phi) is 6.07. The first kappa shape index (κ1) is 19.7. The largest absolute Gasteiger partial charge is 0.349 e. The fourth-order valence-corrected chi connectivity index (χ4v) is 4.52. The number of aryl methyl sites for hydroxylation is 1. The van der Waals surface area contributed by atoms with Crippen LogP contribution in [0.1, 0.15) is 48.0 Å². The number of hydrogen-bond acceptors (Lipinski definition) is 3. The van der Waals surface area contributed by atoms with Crippen molar-refractivity contribution in [2.75, 3.05) is 4.72 Å². The Labute approximate surface area is 165 Å². The van der Waals surface area contributed by atoms with Gasteiger partial charge in [0.05, 0.1) is 21.2 Å². The molecule has 0 spiro atoms. The highest BCUT2D eigenvalue weighted by molar-refractivity contribution is 7.92. The molecule has 0 unspecified atom stereocenters. The normalized spacial score (nSPS) is 15.3. The van der Waals surface area contributed by atoms with Crippen molar-refractivity contribution in [3.63, 3.8) is 0 Å². The van der Waals surface area contributed by atoms with Crippen molar-refractivity contribution >= 4 is 33.2 Å². The van der Waals surface area contributed by atoms with Gasteiger partial charge in [-0.15, -0.1) is 0 Å². The number of carbonyl (C=O) groups is 1. The highest BCUT2D eigenvalue weighted by Gasteiger charge is 2.19. The van der Waals surface area contributed by atoms with Crippen molar-refractivity contribution in [3.05, 3.63) is 58.6 Å². The average molecular weight is 407 g/mol. The first-order chi connectivity index (χ1) is 12.8. The summed E-state index contributed by atoms with van der Waals surface area (Å²) in [5.74, 6) is -0.222. The lowest BCUT2D eigenvalue weighted by Crippen LogP contribution is -2.36. The monoisotopic (exact) mass is 406 g/mol. The third-order valence-corrected chi connectivity index (χ3v) is 6.45. The number of rotatable bonds is 5. The minimum absolute atomic E-state index is 0.170. The summed E-state index contributed by atoms with van der Waals surface area (Å²) < 4.78 is 27.4. The van der Waals surface area contributed by atoms with Crippen LogP contribution in [-0.2, 0) is 10.0 Å². The summed E-state index contributed by atoms with van der Waals surface area (Å²) in [6.45, 7) is 1.89. The lowest BCUT2D eigenvalue weighted by molar-refractivity contribution is 0.0928. The Morgan fingerprint density at radius 3 is 2.33 bits per heavy atom. The molecule has 1 aliphatic carbocycles. The second kappa shape index (κ2) is 8.31. The highest BCUT2D eigenvalue weighted by atomic mass is 35.5. The van der Waals surface area contributed by atoms with E-state index < -0.39 is 10.0 Å². The number of halogens is 1. The van der Waals surface area contributed by atoms with Gasteiger partial charge in [-0.05, 0) is 50.1 Å². The maximum absolute atomic E-state index is 12.5. The Morgan fingerprint density at radius 1 is 1.04 bits per heavy atom. The first-order valence-corrected chi connectivity index (χ1v) is 10.9. The number of anilines is 1. The molecule has 1 amide bonds. The molecule has 2 aromatic carbocycles. The summed E-state index contributed by atoms with van der Waals surface area (Å²) in [6, 6.07) is 11.3. The molecule has 0 aliphatic heterocycles. The number of nitrogens with one attached hydrogen (secondary N) is 2. The van der Waals surface area contributed by atoms with Crippen molar-refractivity contribution in [2.45, 2.75) is 50.0 Å². The van der Waals surface area contributed by atoms with Gasteiger partial charge in [0.15, 0.2) is 0 Å². The molecule has 0 radical (unpaired) electrons. The van der Waals surface area contributed by atoms with E-state index >= 15 is 0 Å². The Bertz CT molecular complexity index is 921. The Morgan fingerprint density at radius 2 is 1.70 bits per heavy atom. The lowest BCUT2D eigenvalue weighted by atomic mass is 9.95. The predicted molar refractivity (Wildman–Crippen MR) is 108 cm³/mol. The third-order valence-electron chi connectivity index (χ3n) is 4.74. The van der Waals surface area contributed by atoms with Gasteiger partial charge in [0, 0.05) is 6.04 Å². The molecule has 27 heavy (non-hydrogen) atoms. The van der Waals surface area contributed by atoms with Crippen LogP contribution in [0.5, 0.6) is 0 Å². The van der Waals surface area contributed by atoms with Crippen LogP contribution in [0.25, 0.3) is 0 Å². The molecule has 2 aromatic rings. The number of hydrogen-bond donors (Lipinski definition) is 2. The molecule has 0 heterocycles. The minimum Gasteiger partial charge on any atom is -0.349 e. The fraction of sp³-hybridized carbons (Fsp3) is 0.350. The quantitative estimate of drug-likeness (QED) is 0.766. The average Bonchev–Trinajstić information content (AvgIpc) is 2.62. The molecule has 2 N–H and O–H groups in total. The second-order valence-corrected chi connectivity index (χ2v) is 9.01. The molecule has 144 valence electrons. The zero-order chi connectivity index (χ0) is 19.4. The van der Waals surface area contributed by atoms with Crippen molar-refractivity contribution in [3.8, 4) is 0 Å². The van der Waals surface area contributed by atoms with Gasteiger partial charge in [-0.1, -0.05) is 48.6 Å². The van der Waals surface area contributed by atoms with Crippen LogP contribution in [0, 0.1) is 6.92 Å². The number of amides is 1. The second-order valence-electron chi connectivity index (χ2n) is 6.92. The summed E-state index contributed by atoms with van der Waals surface area (Å²) in [6.07, 6.45) is 5.43. The smallest absolute Gasteiger partial charge is 0.261 e. The Hall–Kier alpha value is -2.05. The van der Waals surface area contributed by atoms with Crippen LogP contribution >= 0.6 is 11.6 Å². The van der Waals surface area contributed by atoms with E-state index in [-0.39, 0.29) is 21.9 Å². The summed E-state index contributed by atoms with van der Waals surface area (Å²) in [4.78, 5) is 12.6. The molecule has 3 rings (SSSR count). The van der Waals surface area contributed by atoms with Gasteiger partial charge in [-0.2, -0.15) is 0 Å². The fourth-order valence-electron chi connectivity index (χ4n) is 3.20. The standard InChI is InChI=1S/C20H23ClN2O3S/c1-14-7-10-17(11-8-14)27(25,26)23-16-9-12-18(19(21)13-16)20(24)22-15-5-3-2-4-6-15/h7-13,15,23H,2-6H2,1H3,(H,22,24). The topological polar surface area (TPSA) is 75.3 Å². The molecule has 1 fully saturated rings. The minimum atomic E-state index is -3.71. The van der Waals surface area contributed by atoms with E-state index in [4.69, 9.17) is 11.6 Å². The van der Waals surface area contributed by atoms with Crippen LogP contribution in [0.4, 0.5) is 5.69 Å². The molecule has 0 saturated heterocycles. The summed E-state index contributed by atoms with van der Waals surface area (Å²) in [5, 5.41) is 3.23. The van der Waals surface area contributed by atoms with Crippen LogP contribution in [0.3, 0.4) is 0 Å². The van der Waals surface area contributed by atoms with E-state index in [1.807, 2.05) is 6.92 Å². The maximum Gasteiger partial charge on any atom is 0.261 e. The lowest BCUT2D eigenvalue weighted by Gasteiger charge is -2.23. The SMILES string of the molecule is Cc1ccc(S(=O)(=O)Nc2ccc(C(=O)NC3CCCCC3)c(Cl)c2)cc1. The van der Waals surface area contributed by atoms with Gasteiger partial charge in [0.2, 0.25) is 0 Å². The van der Waals surface area contributed by atoms with Crippen molar-refractivity contribution in [1.82, 2.24) is 5.32 Å². The number of sulfonamides is 1. The van der Waals surface area contributed by atoms with Gasteiger partial charge in [-0.25, -0.2) is 8.42 Å². The van der Waals surface area contributed by atoms with E-state index in [1.54, 1.807) is 36.4 Å². The Balaban J connectivity index is 1.72. The van der Waals surface area contributed by atoms with Crippen LogP contribution < -0.4 is 10.0 Å². The van der Waals surface area contributed by atoms with Crippen LogP contribution in [-0.4, -0.2) is 20.4 Å². The van der Waals surface area contributed by atoms with E-state index in [0.29, 0.717) is 11.3 Å². The van der Waals surface area contributed by atoms with E-state index in [0.717, 1.165) is 31.2 Å². The van der Waals surface area contributed by atoms with Crippen LogP contribution in [0.15, 0.2) is 47.4 Å². The van der Waals surface area contributed by atoms with Crippen molar-refractivity contribution in [2.24, 2.45) is 0 Å². The summed E-state index contributed by atoms with van der Waals surface area (Å²) >= 11 is 6.24. The summed E-state index contributed by atoms with van der Waals surface area (Å²) in [7, 11) is -3.71. The van der Waals surface area contributed by atoms with Gasteiger partial charge >= 0.3 is 0 Å². The molecule has 0 atom stereocenters. The molecule has 1 saturated carbocycles. The first-order valence-electron chi connectivity index (χ1n) is 9.05. The van der Waals surface area contributed by atoms with Crippen molar-refractivity contribution < 1.29 is 13.2 Å². The molecular formula is C20H23ClN2O3S. The molecule has 5 nitrogen and oxygen atoms in total. The van der Waals surface area contributed by atoms with E-state index in [1.165, 1.54) is 12.5 Å².